The third kappa shape index (κ3) is 4.29. The van der Waals surface area contributed by atoms with Crippen molar-refractivity contribution in [3.05, 3.63) is 22.0 Å². The summed E-state index contributed by atoms with van der Waals surface area (Å²) in [7, 11) is 0. The van der Waals surface area contributed by atoms with Crippen molar-refractivity contribution in [3.8, 4) is 0 Å². The van der Waals surface area contributed by atoms with Crippen molar-refractivity contribution >= 4 is 28.7 Å². The van der Waals surface area contributed by atoms with Gasteiger partial charge in [0.1, 0.15) is 5.60 Å². The van der Waals surface area contributed by atoms with E-state index in [0.717, 1.165) is 25.9 Å². The molecule has 0 radical (unpaired) electrons. The summed E-state index contributed by atoms with van der Waals surface area (Å²) in [6.07, 6.45) is 5.49. The van der Waals surface area contributed by atoms with E-state index in [2.05, 4.69) is 27.7 Å². The number of ether oxygens (including phenoxy) is 1. The Hall–Kier alpha value is -0.920. The second-order valence-corrected chi connectivity index (χ2v) is 7.27. The second-order valence-electron chi connectivity index (χ2n) is 6.02. The lowest BCUT2D eigenvalue weighted by molar-refractivity contribution is -0.780. The van der Waals surface area contributed by atoms with Gasteiger partial charge in [-0.15, -0.1) is 0 Å². The van der Waals surface area contributed by atoms with Gasteiger partial charge in [-0.1, -0.05) is 4.68 Å². The molecule has 5 nitrogen and oxygen atoms in total. The molecule has 110 valence electrons. The molecule has 1 amide bonds. The molecule has 1 saturated heterocycles. The van der Waals surface area contributed by atoms with E-state index >= 15 is 0 Å². The fourth-order valence-electron chi connectivity index (χ4n) is 2.22. The monoisotopic (exact) mass is 390 g/mol. The first-order valence-corrected chi connectivity index (χ1v) is 7.94. The lowest BCUT2D eigenvalue weighted by atomic mass is 10.1. The van der Waals surface area contributed by atoms with Gasteiger partial charge in [-0.25, -0.2) is 4.79 Å². The summed E-state index contributed by atoms with van der Waals surface area (Å²) in [4.78, 5) is 13.8. The topological polar surface area (TPSA) is 46.3 Å². The molecule has 1 fully saturated rings. The van der Waals surface area contributed by atoms with E-state index in [9.17, 15) is 4.79 Å². The van der Waals surface area contributed by atoms with Crippen LogP contribution in [0.2, 0.25) is 0 Å². The van der Waals surface area contributed by atoms with Crippen LogP contribution in [0, 0.1) is 3.57 Å². The van der Waals surface area contributed by atoms with E-state index in [1.165, 1.54) is 3.57 Å². The molecule has 20 heavy (non-hydrogen) atoms. The van der Waals surface area contributed by atoms with Crippen LogP contribution in [0.4, 0.5) is 4.79 Å². The highest BCUT2D eigenvalue weighted by Crippen LogP contribution is 2.19. The Morgan fingerprint density at radius 1 is 1.45 bits per heavy atom. The molecule has 0 aromatic carbocycles. The zero-order chi connectivity index (χ0) is 14.8. The van der Waals surface area contributed by atoms with E-state index in [1.54, 1.807) is 4.90 Å². The van der Waals surface area contributed by atoms with Crippen molar-refractivity contribution in [1.82, 2.24) is 10.00 Å². The minimum Gasteiger partial charge on any atom is -0.444 e. The normalized spacial score (nSPS) is 17.1. The summed E-state index contributed by atoms with van der Waals surface area (Å²) >= 11 is 2.29. The summed E-state index contributed by atoms with van der Waals surface area (Å²) < 4.78 is 8.58. The Kier molecular flexibility index (Phi) is 4.82. The van der Waals surface area contributed by atoms with Gasteiger partial charge in [-0.05, 0) is 54.5 Å². The molecule has 2 rings (SSSR count). The molecule has 0 N–H and O–H groups in total. The fourth-order valence-corrected chi connectivity index (χ4v) is 2.67. The number of hydrogen-bond donors (Lipinski definition) is 0. The second kappa shape index (κ2) is 6.24. The fraction of sp³-hybridized carbons (Fsp3) is 0.643. The van der Waals surface area contributed by atoms with Crippen molar-refractivity contribution in [2.24, 2.45) is 0 Å². The maximum absolute atomic E-state index is 12.0. The summed E-state index contributed by atoms with van der Waals surface area (Å²) in [5.41, 5.74) is -0.431. The highest BCUT2D eigenvalue weighted by atomic mass is 127. The number of likely N-dealkylation sites (tertiary alicyclic amines) is 1. The molecule has 1 aliphatic heterocycles. The molecular weight excluding hydrogens is 369 g/mol. The molecule has 1 aliphatic rings. The number of hydrogen-bond acceptors (Lipinski definition) is 3. The number of carbonyl (C=O) groups excluding carboxylic acids is 1. The SMILES string of the molecule is CC(C)(C)OC(=O)N1CCC([n+]2cc(I)ccn2)CC1. The third-order valence-electron chi connectivity index (χ3n) is 3.18. The van der Waals surface area contributed by atoms with Crippen molar-refractivity contribution < 1.29 is 14.2 Å². The van der Waals surface area contributed by atoms with Gasteiger partial charge in [-0.3, -0.25) is 0 Å². The van der Waals surface area contributed by atoms with Crippen LogP contribution in [0.5, 0.6) is 0 Å². The maximum atomic E-state index is 12.0. The molecule has 0 atom stereocenters. The molecule has 0 saturated carbocycles. The molecule has 0 bridgehead atoms. The Morgan fingerprint density at radius 2 is 2.10 bits per heavy atom. The van der Waals surface area contributed by atoms with Gasteiger partial charge in [0.05, 0.1) is 9.77 Å². The minimum atomic E-state index is -0.431. The van der Waals surface area contributed by atoms with Crippen LogP contribution in [-0.2, 0) is 4.74 Å². The van der Waals surface area contributed by atoms with Crippen LogP contribution in [0.25, 0.3) is 0 Å². The predicted octanol–water partition coefficient (Wildman–Crippen LogP) is 2.55. The smallest absolute Gasteiger partial charge is 0.410 e. The van der Waals surface area contributed by atoms with Crippen molar-refractivity contribution in [2.75, 3.05) is 13.1 Å². The van der Waals surface area contributed by atoms with Gasteiger partial charge in [-0.2, -0.15) is 0 Å². The van der Waals surface area contributed by atoms with Crippen LogP contribution in [0.1, 0.15) is 39.7 Å². The Morgan fingerprint density at radius 3 is 2.65 bits per heavy atom. The van der Waals surface area contributed by atoms with Gasteiger partial charge in [0.2, 0.25) is 6.20 Å². The van der Waals surface area contributed by atoms with E-state index in [1.807, 2.05) is 43.9 Å². The first kappa shape index (κ1) is 15.5. The maximum Gasteiger partial charge on any atom is 0.410 e. The Balaban J connectivity index is 1.91. The van der Waals surface area contributed by atoms with Gasteiger partial charge in [0.25, 0.3) is 0 Å². The average Bonchev–Trinajstić information content (AvgIpc) is 2.37. The van der Waals surface area contributed by atoms with Crippen LogP contribution in [0.3, 0.4) is 0 Å². The molecule has 2 heterocycles. The first-order chi connectivity index (χ1) is 9.35. The van der Waals surface area contributed by atoms with Gasteiger partial charge in [0, 0.05) is 25.9 Å². The lowest BCUT2D eigenvalue weighted by Gasteiger charge is -2.31. The largest absolute Gasteiger partial charge is 0.444 e. The highest BCUT2D eigenvalue weighted by molar-refractivity contribution is 14.1. The van der Waals surface area contributed by atoms with Crippen molar-refractivity contribution in [3.63, 3.8) is 0 Å². The van der Waals surface area contributed by atoms with Crippen LogP contribution >= 0.6 is 22.6 Å². The van der Waals surface area contributed by atoms with E-state index in [4.69, 9.17) is 4.74 Å². The number of carbonyl (C=O) groups is 1. The summed E-state index contributed by atoms with van der Waals surface area (Å²) in [5, 5.41) is 4.37. The number of aromatic nitrogens is 2. The number of nitrogens with zero attached hydrogens (tertiary/aromatic N) is 3. The van der Waals surface area contributed by atoms with Crippen molar-refractivity contribution in [1.29, 1.82) is 0 Å². The van der Waals surface area contributed by atoms with E-state index in [-0.39, 0.29) is 6.09 Å². The van der Waals surface area contributed by atoms with Crippen molar-refractivity contribution in [2.45, 2.75) is 45.3 Å². The molecular formula is C14H21IN3O2+. The quantitative estimate of drug-likeness (QED) is 0.547. The zero-order valence-electron chi connectivity index (χ0n) is 12.2. The molecule has 6 heteroatoms. The number of piperidine rings is 1. The summed E-state index contributed by atoms with van der Waals surface area (Å²) in [6, 6.07) is 2.34. The predicted molar refractivity (Wildman–Crippen MR) is 83.2 cm³/mol. The standard InChI is InChI=1S/C14H21IN3O2/c1-14(2,3)20-13(19)17-8-5-12(6-9-17)18-10-11(15)4-7-16-18/h4,7,10,12H,5-6,8-9H2,1-3H3/q+1. The van der Waals surface area contributed by atoms with Gasteiger partial charge in [0.15, 0.2) is 6.04 Å². The Bertz CT molecular complexity index is 480. The van der Waals surface area contributed by atoms with E-state index in [0.29, 0.717) is 6.04 Å². The van der Waals surface area contributed by atoms with E-state index < -0.39 is 5.60 Å². The number of amides is 1. The summed E-state index contributed by atoms with van der Waals surface area (Å²) in [6.45, 7) is 7.12. The molecule has 0 aliphatic carbocycles. The lowest BCUT2D eigenvalue weighted by Crippen LogP contribution is -2.50. The van der Waals surface area contributed by atoms with Gasteiger partial charge >= 0.3 is 6.09 Å². The molecule has 0 spiro atoms. The first-order valence-electron chi connectivity index (χ1n) is 6.86. The zero-order valence-corrected chi connectivity index (χ0v) is 14.3. The number of halogens is 1. The molecule has 1 aromatic rings. The average molecular weight is 390 g/mol. The summed E-state index contributed by atoms with van der Waals surface area (Å²) in [5.74, 6) is 0. The number of rotatable bonds is 1. The third-order valence-corrected chi connectivity index (χ3v) is 3.82. The minimum absolute atomic E-state index is 0.212. The van der Waals surface area contributed by atoms with Gasteiger partial charge < -0.3 is 9.64 Å². The Labute approximate surface area is 133 Å². The van der Waals surface area contributed by atoms with Crippen LogP contribution in [-0.4, -0.2) is 34.8 Å². The molecule has 1 aromatic heterocycles. The molecule has 0 unspecified atom stereocenters. The highest BCUT2D eigenvalue weighted by Gasteiger charge is 2.31. The van der Waals surface area contributed by atoms with Crippen LogP contribution in [0.15, 0.2) is 18.5 Å². The van der Waals surface area contributed by atoms with Crippen LogP contribution < -0.4 is 4.68 Å².